The minimum atomic E-state index is -4.51. The molecule has 0 unspecified atom stereocenters. The quantitative estimate of drug-likeness (QED) is 0.912. The van der Waals surface area contributed by atoms with Gasteiger partial charge in [-0.15, -0.1) is 0 Å². The molecule has 2 rings (SSSR count). The highest BCUT2D eigenvalue weighted by Crippen LogP contribution is 2.33. The van der Waals surface area contributed by atoms with Crippen molar-refractivity contribution in [3.8, 4) is 0 Å². The lowest BCUT2D eigenvalue weighted by molar-refractivity contribution is -0.137. The highest BCUT2D eigenvalue weighted by atomic mass is 35.5. The van der Waals surface area contributed by atoms with Crippen LogP contribution in [0.1, 0.15) is 29.4 Å². The number of halogens is 4. The Morgan fingerprint density at radius 2 is 2.09 bits per heavy atom. The summed E-state index contributed by atoms with van der Waals surface area (Å²) in [5, 5.41) is 6.41. The van der Waals surface area contributed by atoms with E-state index in [9.17, 15) is 18.0 Å². The summed E-state index contributed by atoms with van der Waals surface area (Å²) >= 11 is 5.85. The monoisotopic (exact) mass is 331 g/mol. The highest BCUT2D eigenvalue weighted by Gasteiger charge is 2.31. The van der Waals surface area contributed by atoms with Gasteiger partial charge in [-0.2, -0.15) is 18.3 Å². The Morgan fingerprint density at radius 3 is 2.73 bits per heavy atom. The molecule has 4 nitrogen and oxygen atoms in total. The second-order valence-electron chi connectivity index (χ2n) is 4.59. The maximum absolute atomic E-state index is 12.7. The molecular weight excluding hydrogens is 319 g/mol. The second-order valence-corrected chi connectivity index (χ2v) is 4.99. The van der Waals surface area contributed by atoms with Crippen molar-refractivity contribution >= 4 is 23.2 Å². The number of aromatic nitrogens is 2. The van der Waals surface area contributed by atoms with Gasteiger partial charge in [0.05, 0.1) is 16.3 Å². The molecule has 2 aromatic rings. The van der Waals surface area contributed by atoms with Gasteiger partial charge >= 0.3 is 6.18 Å². The predicted octanol–water partition coefficient (Wildman–Crippen LogP) is 4.22. The van der Waals surface area contributed by atoms with Crippen molar-refractivity contribution in [1.82, 2.24) is 9.78 Å². The van der Waals surface area contributed by atoms with Gasteiger partial charge in [0.25, 0.3) is 5.91 Å². The standard InChI is InChI=1S/C14H13ClF3N3O/c1-2-7-21-12(5-6-19-21)13(22)20-11-8-9(14(16,17)18)3-4-10(11)15/h3-6,8H,2,7H2,1H3,(H,20,22). The van der Waals surface area contributed by atoms with E-state index in [1.807, 2.05) is 6.92 Å². The number of nitrogens with one attached hydrogen (secondary N) is 1. The lowest BCUT2D eigenvalue weighted by Crippen LogP contribution is -2.18. The van der Waals surface area contributed by atoms with Crippen LogP contribution in [-0.2, 0) is 12.7 Å². The van der Waals surface area contributed by atoms with Gasteiger partial charge in [0, 0.05) is 12.7 Å². The summed E-state index contributed by atoms with van der Waals surface area (Å²) in [6, 6.07) is 4.26. The van der Waals surface area contributed by atoms with E-state index in [1.165, 1.54) is 16.9 Å². The number of hydrogen-bond donors (Lipinski definition) is 1. The predicted molar refractivity (Wildman–Crippen MR) is 76.9 cm³/mol. The van der Waals surface area contributed by atoms with E-state index >= 15 is 0 Å². The molecule has 1 N–H and O–H groups in total. The number of anilines is 1. The van der Waals surface area contributed by atoms with Crippen LogP contribution >= 0.6 is 11.6 Å². The topological polar surface area (TPSA) is 46.9 Å². The Labute approximate surface area is 129 Å². The van der Waals surface area contributed by atoms with Gasteiger partial charge in [-0.1, -0.05) is 18.5 Å². The van der Waals surface area contributed by atoms with E-state index in [4.69, 9.17) is 11.6 Å². The van der Waals surface area contributed by atoms with Crippen LogP contribution in [0.15, 0.2) is 30.5 Å². The van der Waals surface area contributed by atoms with Crippen molar-refractivity contribution in [2.45, 2.75) is 26.1 Å². The van der Waals surface area contributed by atoms with Crippen molar-refractivity contribution < 1.29 is 18.0 Å². The smallest absolute Gasteiger partial charge is 0.319 e. The number of amides is 1. The summed E-state index contributed by atoms with van der Waals surface area (Å²) in [6.45, 7) is 2.46. The number of benzene rings is 1. The van der Waals surface area contributed by atoms with Crippen LogP contribution in [0.3, 0.4) is 0 Å². The van der Waals surface area contributed by atoms with Gasteiger partial charge in [0.1, 0.15) is 5.69 Å². The molecule has 0 bridgehead atoms. The van der Waals surface area contributed by atoms with Gasteiger partial charge in [-0.05, 0) is 30.7 Å². The summed E-state index contributed by atoms with van der Waals surface area (Å²) in [5.41, 5.74) is -0.713. The van der Waals surface area contributed by atoms with Crippen molar-refractivity contribution in [2.24, 2.45) is 0 Å². The number of alkyl halides is 3. The summed E-state index contributed by atoms with van der Waals surface area (Å²) in [4.78, 5) is 12.2. The molecule has 1 amide bonds. The third kappa shape index (κ3) is 3.59. The Hall–Kier alpha value is -2.02. The molecule has 1 aromatic carbocycles. The highest BCUT2D eigenvalue weighted by molar-refractivity contribution is 6.33. The van der Waals surface area contributed by atoms with Crippen LogP contribution < -0.4 is 5.32 Å². The third-order valence-corrected chi connectivity index (χ3v) is 3.26. The molecule has 0 radical (unpaired) electrons. The number of carbonyl (C=O) groups excluding carboxylic acids is 1. The van der Waals surface area contributed by atoms with Crippen LogP contribution in [0, 0.1) is 0 Å². The zero-order chi connectivity index (χ0) is 16.3. The molecular formula is C14H13ClF3N3O. The van der Waals surface area contributed by atoms with Crippen LogP contribution in [0.5, 0.6) is 0 Å². The molecule has 0 aliphatic heterocycles. The maximum Gasteiger partial charge on any atom is 0.416 e. The maximum atomic E-state index is 12.7. The molecule has 118 valence electrons. The zero-order valence-corrected chi connectivity index (χ0v) is 12.4. The van der Waals surface area contributed by atoms with Crippen LogP contribution in [0.25, 0.3) is 0 Å². The lowest BCUT2D eigenvalue weighted by atomic mass is 10.2. The summed E-state index contributed by atoms with van der Waals surface area (Å²) < 4.78 is 39.6. The van der Waals surface area contributed by atoms with Crippen LogP contribution in [-0.4, -0.2) is 15.7 Å². The van der Waals surface area contributed by atoms with Gasteiger partial charge in [0.15, 0.2) is 0 Å². The normalized spacial score (nSPS) is 11.5. The molecule has 0 aliphatic rings. The Kier molecular flexibility index (Phi) is 4.75. The molecule has 1 aromatic heterocycles. The fourth-order valence-corrected chi connectivity index (χ4v) is 2.06. The fraction of sp³-hybridized carbons (Fsp3) is 0.286. The summed E-state index contributed by atoms with van der Waals surface area (Å²) in [5.74, 6) is -0.563. The molecule has 1 heterocycles. The second kappa shape index (κ2) is 6.39. The summed E-state index contributed by atoms with van der Waals surface area (Å²) in [6.07, 6.45) is -2.28. The van der Waals surface area contributed by atoms with Gasteiger partial charge in [-0.25, -0.2) is 0 Å². The number of carbonyl (C=O) groups is 1. The molecule has 0 aliphatic carbocycles. The Balaban J connectivity index is 2.26. The van der Waals surface area contributed by atoms with Crippen molar-refractivity contribution in [3.05, 3.63) is 46.7 Å². The minimum absolute atomic E-state index is 0.0305. The SMILES string of the molecule is CCCn1nccc1C(=O)Nc1cc(C(F)(F)F)ccc1Cl. The summed E-state index contributed by atoms with van der Waals surface area (Å²) in [7, 11) is 0. The Morgan fingerprint density at radius 1 is 1.36 bits per heavy atom. The van der Waals surface area contributed by atoms with E-state index in [0.717, 1.165) is 24.6 Å². The van der Waals surface area contributed by atoms with E-state index in [2.05, 4.69) is 10.4 Å². The van der Waals surface area contributed by atoms with Gasteiger partial charge in [-0.3, -0.25) is 9.48 Å². The lowest BCUT2D eigenvalue weighted by Gasteiger charge is -2.12. The third-order valence-electron chi connectivity index (χ3n) is 2.93. The van der Waals surface area contributed by atoms with Crippen LogP contribution in [0.4, 0.5) is 18.9 Å². The number of aryl methyl sites for hydroxylation is 1. The molecule has 0 saturated carbocycles. The fourth-order valence-electron chi connectivity index (χ4n) is 1.90. The Bertz CT molecular complexity index is 682. The molecule has 8 heteroatoms. The molecule has 0 atom stereocenters. The first-order valence-electron chi connectivity index (χ1n) is 6.53. The first-order valence-corrected chi connectivity index (χ1v) is 6.90. The minimum Gasteiger partial charge on any atom is -0.319 e. The first-order chi connectivity index (χ1) is 10.3. The molecule has 0 fully saturated rings. The van der Waals surface area contributed by atoms with Crippen molar-refractivity contribution in [1.29, 1.82) is 0 Å². The number of rotatable bonds is 4. The zero-order valence-electron chi connectivity index (χ0n) is 11.6. The van der Waals surface area contributed by atoms with Crippen molar-refractivity contribution in [2.75, 3.05) is 5.32 Å². The van der Waals surface area contributed by atoms with Gasteiger partial charge < -0.3 is 5.32 Å². The van der Waals surface area contributed by atoms with Crippen LogP contribution in [0.2, 0.25) is 5.02 Å². The van der Waals surface area contributed by atoms with E-state index in [1.54, 1.807) is 0 Å². The largest absolute Gasteiger partial charge is 0.416 e. The molecule has 22 heavy (non-hydrogen) atoms. The number of hydrogen-bond acceptors (Lipinski definition) is 2. The average Bonchev–Trinajstić information content (AvgIpc) is 2.88. The average molecular weight is 332 g/mol. The van der Waals surface area contributed by atoms with Gasteiger partial charge in [0.2, 0.25) is 0 Å². The van der Waals surface area contributed by atoms with E-state index in [-0.39, 0.29) is 16.4 Å². The first kappa shape index (κ1) is 16.4. The number of nitrogens with zero attached hydrogens (tertiary/aromatic N) is 2. The van der Waals surface area contributed by atoms with E-state index in [0.29, 0.717) is 6.54 Å². The van der Waals surface area contributed by atoms with Crippen molar-refractivity contribution in [3.63, 3.8) is 0 Å². The molecule has 0 saturated heterocycles. The molecule has 0 spiro atoms. The van der Waals surface area contributed by atoms with E-state index < -0.39 is 17.6 Å².